The maximum Gasteiger partial charge on any atom is 0.408 e. The molecular formula is C12H23NO5. The Morgan fingerprint density at radius 3 is 1.83 bits per heavy atom. The minimum Gasteiger partial charge on any atom is -0.458 e. The molecule has 0 aromatic rings. The lowest BCUT2D eigenvalue weighted by Gasteiger charge is -2.25. The number of carbonyl (C=O) groups is 2. The Labute approximate surface area is 108 Å². The summed E-state index contributed by atoms with van der Waals surface area (Å²) in [5.41, 5.74) is -1.35. The fourth-order valence-corrected chi connectivity index (χ4v) is 1.00. The van der Waals surface area contributed by atoms with Crippen LogP contribution in [0.25, 0.3) is 0 Å². The molecule has 1 atom stereocenters. The molecule has 0 aromatic heterocycles. The zero-order valence-corrected chi connectivity index (χ0v) is 11.9. The fourth-order valence-electron chi connectivity index (χ4n) is 1.00. The van der Waals surface area contributed by atoms with Crippen molar-refractivity contribution >= 4 is 12.1 Å². The molecule has 18 heavy (non-hydrogen) atoms. The lowest BCUT2D eigenvalue weighted by molar-refractivity contribution is -0.158. The third kappa shape index (κ3) is 7.89. The Morgan fingerprint density at radius 2 is 1.50 bits per heavy atom. The molecule has 0 heterocycles. The van der Waals surface area contributed by atoms with E-state index in [0.29, 0.717) is 0 Å². The van der Waals surface area contributed by atoms with Crippen LogP contribution in [0.4, 0.5) is 4.79 Å². The second kappa shape index (κ2) is 6.04. The van der Waals surface area contributed by atoms with Crippen molar-refractivity contribution in [1.82, 2.24) is 5.32 Å². The summed E-state index contributed by atoms with van der Waals surface area (Å²) in [4.78, 5) is 23.1. The highest BCUT2D eigenvalue weighted by Crippen LogP contribution is 2.10. The largest absolute Gasteiger partial charge is 0.458 e. The number of hydrogen-bond acceptors (Lipinski definition) is 5. The minimum absolute atomic E-state index is 0.547. The van der Waals surface area contributed by atoms with Crippen molar-refractivity contribution in [1.29, 1.82) is 0 Å². The van der Waals surface area contributed by atoms with Gasteiger partial charge in [-0.25, -0.2) is 9.59 Å². The standard InChI is InChI=1S/C12H23NO5/c1-11(2,3)17-9(15)8(7-14)13-10(16)18-12(4,5)6/h8,14H,7H2,1-6H3,(H,13,16). The zero-order valence-electron chi connectivity index (χ0n) is 11.9. The molecular weight excluding hydrogens is 238 g/mol. The number of rotatable bonds is 3. The van der Waals surface area contributed by atoms with Gasteiger partial charge in [0.1, 0.15) is 11.2 Å². The molecule has 0 rings (SSSR count). The van der Waals surface area contributed by atoms with Crippen molar-refractivity contribution in [3.63, 3.8) is 0 Å². The number of aliphatic hydroxyl groups excluding tert-OH is 1. The fraction of sp³-hybridized carbons (Fsp3) is 0.833. The smallest absolute Gasteiger partial charge is 0.408 e. The molecule has 0 saturated carbocycles. The summed E-state index contributed by atoms with van der Waals surface area (Å²) < 4.78 is 10.0. The van der Waals surface area contributed by atoms with Gasteiger partial charge in [0.15, 0.2) is 6.04 Å². The first-order chi connectivity index (χ1) is 7.94. The molecule has 0 radical (unpaired) electrons. The van der Waals surface area contributed by atoms with Gasteiger partial charge in [-0.1, -0.05) is 0 Å². The molecule has 0 aromatic carbocycles. The third-order valence-electron chi connectivity index (χ3n) is 1.56. The van der Waals surface area contributed by atoms with Gasteiger partial charge in [0.05, 0.1) is 6.61 Å². The van der Waals surface area contributed by atoms with Crippen LogP contribution >= 0.6 is 0 Å². The summed E-state index contributed by atoms with van der Waals surface area (Å²) in [6.45, 7) is 9.66. The zero-order chi connectivity index (χ0) is 14.6. The van der Waals surface area contributed by atoms with E-state index in [1.54, 1.807) is 41.5 Å². The molecule has 0 bridgehead atoms. The van der Waals surface area contributed by atoms with Gasteiger partial charge < -0.3 is 19.9 Å². The number of carbonyl (C=O) groups excluding carboxylic acids is 2. The number of ether oxygens (including phenoxy) is 2. The van der Waals surface area contributed by atoms with Crippen LogP contribution in [-0.2, 0) is 14.3 Å². The number of nitrogens with one attached hydrogen (secondary N) is 1. The van der Waals surface area contributed by atoms with Gasteiger partial charge in [0.25, 0.3) is 0 Å². The Kier molecular flexibility index (Phi) is 5.60. The Balaban J connectivity index is 4.44. The van der Waals surface area contributed by atoms with Crippen molar-refractivity contribution in [2.24, 2.45) is 0 Å². The minimum atomic E-state index is -1.13. The van der Waals surface area contributed by atoms with Crippen LogP contribution in [0.15, 0.2) is 0 Å². The molecule has 1 unspecified atom stereocenters. The lowest BCUT2D eigenvalue weighted by atomic mass is 10.2. The normalized spacial score (nSPS) is 13.7. The number of alkyl carbamates (subject to hydrolysis) is 1. The van der Waals surface area contributed by atoms with E-state index >= 15 is 0 Å². The van der Waals surface area contributed by atoms with Gasteiger partial charge in [-0.15, -0.1) is 0 Å². The van der Waals surface area contributed by atoms with Crippen LogP contribution < -0.4 is 5.32 Å². The van der Waals surface area contributed by atoms with E-state index in [9.17, 15) is 9.59 Å². The van der Waals surface area contributed by atoms with Crippen molar-refractivity contribution in [3.05, 3.63) is 0 Å². The van der Waals surface area contributed by atoms with Crippen molar-refractivity contribution in [3.8, 4) is 0 Å². The molecule has 0 aliphatic heterocycles. The van der Waals surface area contributed by atoms with Gasteiger partial charge in [0.2, 0.25) is 0 Å². The Morgan fingerprint density at radius 1 is 1.06 bits per heavy atom. The highest BCUT2D eigenvalue weighted by molar-refractivity contribution is 5.81. The quantitative estimate of drug-likeness (QED) is 0.746. The third-order valence-corrected chi connectivity index (χ3v) is 1.56. The maximum atomic E-state index is 11.6. The number of hydrogen-bond donors (Lipinski definition) is 2. The molecule has 0 fully saturated rings. The molecule has 0 saturated heterocycles. The molecule has 0 aliphatic rings. The highest BCUT2D eigenvalue weighted by Gasteiger charge is 2.27. The number of esters is 1. The average molecular weight is 261 g/mol. The van der Waals surface area contributed by atoms with E-state index in [1.807, 2.05) is 0 Å². The lowest BCUT2D eigenvalue weighted by Crippen LogP contribution is -2.47. The van der Waals surface area contributed by atoms with Crippen LogP contribution in [0.5, 0.6) is 0 Å². The summed E-state index contributed by atoms with van der Waals surface area (Å²) in [7, 11) is 0. The maximum absolute atomic E-state index is 11.6. The molecule has 1 amide bonds. The molecule has 6 nitrogen and oxygen atoms in total. The predicted molar refractivity (Wildman–Crippen MR) is 66.1 cm³/mol. The molecule has 106 valence electrons. The number of amides is 1. The van der Waals surface area contributed by atoms with Crippen molar-refractivity contribution < 1.29 is 24.2 Å². The monoisotopic (exact) mass is 261 g/mol. The van der Waals surface area contributed by atoms with Crippen LogP contribution in [0, 0.1) is 0 Å². The van der Waals surface area contributed by atoms with Crippen LogP contribution in [0.2, 0.25) is 0 Å². The number of aliphatic hydroxyl groups is 1. The van der Waals surface area contributed by atoms with E-state index in [4.69, 9.17) is 14.6 Å². The van der Waals surface area contributed by atoms with Gasteiger partial charge in [-0.05, 0) is 41.5 Å². The van der Waals surface area contributed by atoms with Gasteiger partial charge in [0, 0.05) is 0 Å². The summed E-state index contributed by atoms with van der Waals surface area (Å²) in [6, 6.07) is -1.13. The summed E-state index contributed by atoms with van der Waals surface area (Å²) in [5, 5.41) is 11.3. The second-order valence-corrected chi connectivity index (χ2v) is 5.91. The molecule has 6 heteroatoms. The first kappa shape index (κ1) is 16.7. The summed E-state index contributed by atoms with van der Waals surface area (Å²) in [5.74, 6) is -0.698. The van der Waals surface area contributed by atoms with E-state index in [0.717, 1.165) is 0 Å². The summed E-state index contributed by atoms with van der Waals surface area (Å²) in [6.07, 6.45) is -0.771. The first-order valence-electron chi connectivity index (χ1n) is 5.78. The Bertz CT molecular complexity index is 301. The van der Waals surface area contributed by atoms with Gasteiger partial charge in [-0.2, -0.15) is 0 Å². The van der Waals surface area contributed by atoms with E-state index in [2.05, 4.69) is 5.32 Å². The Hall–Kier alpha value is -1.30. The van der Waals surface area contributed by atoms with Crippen LogP contribution in [-0.4, -0.2) is 41.0 Å². The van der Waals surface area contributed by atoms with E-state index in [1.165, 1.54) is 0 Å². The highest BCUT2D eigenvalue weighted by atomic mass is 16.6. The SMILES string of the molecule is CC(C)(C)OC(=O)NC(CO)C(=O)OC(C)(C)C. The van der Waals surface area contributed by atoms with Crippen molar-refractivity contribution in [2.75, 3.05) is 6.61 Å². The second-order valence-electron chi connectivity index (χ2n) is 5.91. The predicted octanol–water partition coefficient (Wildman–Crippen LogP) is 1.21. The van der Waals surface area contributed by atoms with E-state index in [-0.39, 0.29) is 0 Å². The van der Waals surface area contributed by atoms with Crippen LogP contribution in [0.1, 0.15) is 41.5 Å². The molecule has 0 spiro atoms. The van der Waals surface area contributed by atoms with Crippen LogP contribution in [0.3, 0.4) is 0 Å². The van der Waals surface area contributed by atoms with E-state index < -0.39 is 35.9 Å². The summed E-state index contributed by atoms with van der Waals surface area (Å²) >= 11 is 0. The molecule has 0 aliphatic carbocycles. The first-order valence-corrected chi connectivity index (χ1v) is 5.78. The van der Waals surface area contributed by atoms with Gasteiger partial charge in [-0.3, -0.25) is 0 Å². The molecule has 2 N–H and O–H groups in total. The average Bonchev–Trinajstić information content (AvgIpc) is 2.07. The van der Waals surface area contributed by atoms with Crippen molar-refractivity contribution in [2.45, 2.75) is 58.8 Å². The van der Waals surface area contributed by atoms with Gasteiger partial charge >= 0.3 is 12.1 Å². The topological polar surface area (TPSA) is 84.9 Å².